The maximum atomic E-state index is 11.0. The van der Waals surface area contributed by atoms with Crippen LogP contribution in [0, 0.1) is 0 Å². The van der Waals surface area contributed by atoms with Gasteiger partial charge in [-0.3, -0.25) is 9.69 Å². The first kappa shape index (κ1) is 14.0. The molecule has 0 saturated carbocycles. The molecule has 0 spiro atoms. The minimum atomic E-state index is 0.106. The number of fused-ring (bicyclic) bond motifs is 1. The van der Waals surface area contributed by atoms with E-state index in [-0.39, 0.29) is 30.1 Å². The number of Topliss-reactive ketones (excluding diaryl/α,β-unsaturated/α-hetero) is 1. The molecule has 2 rings (SSSR count). The Kier molecular flexibility index (Phi) is 4.41. The molecule has 2 unspecified atom stereocenters. The highest BCUT2D eigenvalue weighted by Gasteiger charge is 2.49. The average molecular weight is 255 g/mol. The Morgan fingerprint density at radius 2 is 2.28 bits per heavy atom. The minimum Gasteiger partial charge on any atom is -0.377 e. The van der Waals surface area contributed by atoms with Crippen molar-refractivity contribution in [2.45, 2.75) is 57.8 Å². The summed E-state index contributed by atoms with van der Waals surface area (Å²) in [5.41, 5.74) is 0.172. The maximum Gasteiger partial charge on any atom is 0.155 e. The molecule has 2 aliphatic rings. The zero-order valence-electron chi connectivity index (χ0n) is 11.8. The third-order valence-corrected chi connectivity index (χ3v) is 3.98. The Bertz CT molecular complexity index is 305. The second-order valence-corrected chi connectivity index (χ2v) is 5.97. The summed E-state index contributed by atoms with van der Waals surface area (Å²) < 4.78 is 11.5. The highest BCUT2D eigenvalue weighted by Crippen LogP contribution is 2.40. The van der Waals surface area contributed by atoms with Gasteiger partial charge >= 0.3 is 0 Å². The number of rotatable bonds is 6. The van der Waals surface area contributed by atoms with Crippen LogP contribution in [0.3, 0.4) is 0 Å². The molecule has 2 aliphatic heterocycles. The van der Waals surface area contributed by atoms with E-state index in [1.807, 2.05) is 0 Å². The molecule has 18 heavy (non-hydrogen) atoms. The number of ketones is 1. The van der Waals surface area contributed by atoms with E-state index < -0.39 is 0 Å². The lowest BCUT2D eigenvalue weighted by Gasteiger charge is -2.32. The first-order valence-corrected chi connectivity index (χ1v) is 6.99. The van der Waals surface area contributed by atoms with Gasteiger partial charge in [-0.1, -0.05) is 0 Å². The number of carbonyl (C=O) groups is 1. The monoisotopic (exact) mass is 255 g/mol. The quantitative estimate of drug-likeness (QED) is 0.723. The van der Waals surface area contributed by atoms with Crippen LogP contribution in [0.4, 0.5) is 0 Å². The largest absolute Gasteiger partial charge is 0.377 e. The fraction of sp³-hybridized carbons (Fsp3) is 0.929. The summed E-state index contributed by atoms with van der Waals surface area (Å²) in [5, 5.41) is 0. The van der Waals surface area contributed by atoms with Gasteiger partial charge in [-0.15, -0.1) is 0 Å². The van der Waals surface area contributed by atoms with E-state index in [1.165, 1.54) is 12.8 Å². The minimum absolute atomic E-state index is 0.106. The predicted octanol–water partition coefficient (Wildman–Crippen LogP) is 1.62. The molecule has 0 aromatic rings. The number of nitrogens with zero attached hydrogens (tertiary/aromatic N) is 1. The molecule has 2 saturated heterocycles. The number of carbonyl (C=O) groups excluding carboxylic acids is 1. The molecule has 2 fully saturated rings. The predicted molar refractivity (Wildman–Crippen MR) is 69.7 cm³/mol. The molecule has 0 aromatic heterocycles. The molecule has 0 aromatic carbocycles. The topological polar surface area (TPSA) is 38.8 Å². The summed E-state index contributed by atoms with van der Waals surface area (Å²) in [7, 11) is 0. The first-order chi connectivity index (χ1) is 8.52. The fourth-order valence-electron chi connectivity index (χ4n) is 3.14. The van der Waals surface area contributed by atoms with E-state index in [9.17, 15) is 4.79 Å². The molecule has 4 heteroatoms. The van der Waals surface area contributed by atoms with Gasteiger partial charge in [0.1, 0.15) is 6.61 Å². The van der Waals surface area contributed by atoms with Crippen molar-refractivity contribution in [1.29, 1.82) is 0 Å². The Morgan fingerprint density at radius 3 is 2.94 bits per heavy atom. The summed E-state index contributed by atoms with van der Waals surface area (Å²) in [6, 6.07) is 0. The van der Waals surface area contributed by atoms with Crippen LogP contribution >= 0.6 is 0 Å². The molecule has 2 atom stereocenters. The first-order valence-electron chi connectivity index (χ1n) is 6.99. The lowest BCUT2D eigenvalue weighted by Crippen LogP contribution is -2.43. The Labute approximate surface area is 110 Å². The third kappa shape index (κ3) is 3.11. The lowest BCUT2D eigenvalue weighted by molar-refractivity contribution is -0.123. The smallest absolute Gasteiger partial charge is 0.155 e. The lowest BCUT2D eigenvalue weighted by atomic mass is 9.94. The second-order valence-electron chi connectivity index (χ2n) is 5.97. The highest BCUT2D eigenvalue weighted by molar-refractivity contribution is 5.76. The van der Waals surface area contributed by atoms with Gasteiger partial charge in [-0.2, -0.15) is 0 Å². The standard InChI is InChI=1S/C14H25NO3/c1-11(2)18-10-14-5-4-6-15(14)8-13(7-14)17-9-12(3)16/h11,13H,4-10H2,1-3H3. The van der Waals surface area contributed by atoms with Crippen molar-refractivity contribution in [3.8, 4) is 0 Å². The van der Waals surface area contributed by atoms with Crippen LogP contribution in [0.25, 0.3) is 0 Å². The maximum absolute atomic E-state index is 11.0. The van der Waals surface area contributed by atoms with Crippen LogP contribution in [0.1, 0.15) is 40.0 Å². The van der Waals surface area contributed by atoms with Crippen molar-refractivity contribution >= 4 is 5.78 Å². The molecule has 0 N–H and O–H groups in total. The summed E-state index contributed by atoms with van der Waals surface area (Å²) in [4.78, 5) is 13.5. The van der Waals surface area contributed by atoms with Gasteiger partial charge in [0.25, 0.3) is 0 Å². The van der Waals surface area contributed by atoms with Crippen molar-refractivity contribution < 1.29 is 14.3 Å². The van der Waals surface area contributed by atoms with E-state index in [2.05, 4.69) is 18.7 Å². The third-order valence-electron chi connectivity index (χ3n) is 3.98. The van der Waals surface area contributed by atoms with Gasteiger partial charge in [0.15, 0.2) is 5.78 Å². The average Bonchev–Trinajstić information content (AvgIpc) is 2.79. The van der Waals surface area contributed by atoms with Gasteiger partial charge in [0, 0.05) is 12.1 Å². The molecular weight excluding hydrogens is 230 g/mol. The molecule has 0 radical (unpaired) electrons. The van der Waals surface area contributed by atoms with E-state index in [1.54, 1.807) is 6.92 Å². The second kappa shape index (κ2) is 5.68. The zero-order chi connectivity index (χ0) is 13.2. The Balaban J connectivity index is 1.90. The molecule has 0 aliphatic carbocycles. The SMILES string of the molecule is CC(=O)COC1CN2CCCC2(COC(C)C)C1. The van der Waals surface area contributed by atoms with Gasteiger partial charge in [0.2, 0.25) is 0 Å². The van der Waals surface area contributed by atoms with Crippen molar-refractivity contribution in [2.75, 3.05) is 26.3 Å². The van der Waals surface area contributed by atoms with Crippen LogP contribution in [0.2, 0.25) is 0 Å². The van der Waals surface area contributed by atoms with Crippen molar-refractivity contribution in [3.05, 3.63) is 0 Å². The molecule has 4 nitrogen and oxygen atoms in total. The molecular formula is C14H25NO3. The summed E-state index contributed by atoms with van der Waals surface area (Å²) in [5.74, 6) is 0.106. The number of hydrogen-bond donors (Lipinski definition) is 0. The van der Waals surface area contributed by atoms with Crippen LogP contribution < -0.4 is 0 Å². The van der Waals surface area contributed by atoms with Gasteiger partial charge in [-0.05, 0) is 46.6 Å². The van der Waals surface area contributed by atoms with Gasteiger partial charge in [0.05, 0.1) is 18.8 Å². The van der Waals surface area contributed by atoms with Gasteiger partial charge in [-0.25, -0.2) is 0 Å². The molecule has 2 heterocycles. The van der Waals surface area contributed by atoms with Crippen molar-refractivity contribution in [3.63, 3.8) is 0 Å². The Hall–Kier alpha value is -0.450. The normalized spacial score (nSPS) is 32.1. The Morgan fingerprint density at radius 1 is 1.50 bits per heavy atom. The summed E-state index contributed by atoms with van der Waals surface area (Å²) in [6.45, 7) is 8.87. The van der Waals surface area contributed by atoms with Crippen molar-refractivity contribution in [1.82, 2.24) is 4.90 Å². The van der Waals surface area contributed by atoms with E-state index >= 15 is 0 Å². The molecule has 104 valence electrons. The summed E-state index contributed by atoms with van der Waals surface area (Å²) in [6.07, 6.45) is 3.93. The zero-order valence-corrected chi connectivity index (χ0v) is 11.8. The van der Waals surface area contributed by atoms with Crippen LogP contribution in [-0.4, -0.2) is 54.7 Å². The van der Waals surface area contributed by atoms with Crippen LogP contribution in [-0.2, 0) is 14.3 Å². The van der Waals surface area contributed by atoms with Crippen molar-refractivity contribution in [2.24, 2.45) is 0 Å². The van der Waals surface area contributed by atoms with E-state index in [4.69, 9.17) is 9.47 Å². The summed E-state index contributed by atoms with van der Waals surface area (Å²) >= 11 is 0. The number of ether oxygens (including phenoxy) is 2. The molecule has 0 bridgehead atoms. The van der Waals surface area contributed by atoms with Crippen LogP contribution in [0.5, 0.6) is 0 Å². The fourth-order valence-corrected chi connectivity index (χ4v) is 3.14. The number of hydrogen-bond acceptors (Lipinski definition) is 4. The highest BCUT2D eigenvalue weighted by atomic mass is 16.5. The molecule has 0 amide bonds. The van der Waals surface area contributed by atoms with Gasteiger partial charge < -0.3 is 9.47 Å². The van der Waals surface area contributed by atoms with E-state index in [0.717, 1.165) is 26.1 Å². The van der Waals surface area contributed by atoms with Crippen LogP contribution in [0.15, 0.2) is 0 Å². The van der Waals surface area contributed by atoms with E-state index in [0.29, 0.717) is 0 Å².